The smallest absolute Gasteiger partial charge is 0.250 e. The van der Waals surface area contributed by atoms with E-state index in [1.165, 1.54) is 6.08 Å². The van der Waals surface area contributed by atoms with Crippen molar-refractivity contribution < 1.29 is 9.21 Å². The Morgan fingerprint density at radius 3 is 2.63 bits per heavy atom. The molecular weight excluding hydrogens is 405 g/mol. The number of halogens is 2. The number of aromatic nitrogens is 1. The second kappa shape index (κ2) is 8.81. The average molecular weight is 418 g/mol. The predicted molar refractivity (Wildman–Crippen MR) is 112 cm³/mol. The monoisotopic (exact) mass is 417 g/mol. The van der Waals surface area contributed by atoms with Gasteiger partial charge in [-0.3, -0.25) is 10.1 Å². The average Bonchev–Trinajstić information content (AvgIpc) is 3.11. The zero-order chi connectivity index (χ0) is 19.2. The van der Waals surface area contributed by atoms with Gasteiger partial charge < -0.3 is 9.73 Å². The Labute approximate surface area is 171 Å². The molecule has 0 saturated carbocycles. The minimum Gasteiger partial charge on any atom is -0.457 e. The van der Waals surface area contributed by atoms with Crippen LogP contribution in [0.5, 0.6) is 0 Å². The third-order valence-corrected chi connectivity index (χ3v) is 4.16. The van der Waals surface area contributed by atoms with Gasteiger partial charge in [0.2, 0.25) is 5.91 Å². The Morgan fingerprint density at radius 1 is 1.11 bits per heavy atom. The number of carbonyl (C=O) groups excluding carboxylic acids is 1. The molecule has 1 aromatic carbocycles. The van der Waals surface area contributed by atoms with Gasteiger partial charge in [0.05, 0.1) is 5.69 Å². The van der Waals surface area contributed by atoms with E-state index in [4.69, 9.17) is 39.8 Å². The van der Waals surface area contributed by atoms with Gasteiger partial charge >= 0.3 is 0 Å². The van der Waals surface area contributed by atoms with Gasteiger partial charge in [-0.25, -0.2) is 4.98 Å². The van der Waals surface area contributed by atoms with Crippen LogP contribution in [0.15, 0.2) is 65.2 Å². The fourth-order valence-corrected chi connectivity index (χ4v) is 2.66. The number of pyridine rings is 1. The summed E-state index contributed by atoms with van der Waals surface area (Å²) in [6.07, 6.45) is 4.43. The Kier molecular flexibility index (Phi) is 6.24. The minimum absolute atomic E-state index is 0.112. The highest BCUT2D eigenvalue weighted by Gasteiger charge is 2.06. The molecule has 2 heterocycles. The van der Waals surface area contributed by atoms with Crippen molar-refractivity contribution in [3.05, 3.63) is 76.7 Å². The first-order valence-corrected chi connectivity index (χ1v) is 8.94. The molecular formula is C19H13Cl2N3O2S. The summed E-state index contributed by atoms with van der Waals surface area (Å²) < 4.78 is 5.69. The zero-order valence-electron chi connectivity index (χ0n) is 13.8. The van der Waals surface area contributed by atoms with Crippen LogP contribution in [0.2, 0.25) is 10.2 Å². The molecule has 2 N–H and O–H groups in total. The lowest BCUT2D eigenvalue weighted by molar-refractivity contribution is -0.115. The van der Waals surface area contributed by atoms with E-state index in [-0.39, 0.29) is 10.3 Å². The number of carbonyl (C=O) groups is 1. The molecule has 0 saturated heterocycles. The number of rotatable bonds is 4. The molecule has 3 aromatic rings. The lowest BCUT2D eigenvalue weighted by Crippen LogP contribution is -2.32. The second-order valence-corrected chi connectivity index (χ2v) is 6.53. The Morgan fingerprint density at radius 2 is 1.89 bits per heavy atom. The highest BCUT2D eigenvalue weighted by molar-refractivity contribution is 7.80. The zero-order valence-corrected chi connectivity index (χ0v) is 16.1. The van der Waals surface area contributed by atoms with E-state index in [1.54, 1.807) is 42.6 Å². The van der Waals surface area contributed by atoms with Crippen molar-refractivity contribution in [1.82, 2.24) is 10.3 Å². The SMILES string of the molecule is O=C(/C=C/c1ccc(-c2ccc(Cl)cc2)o1)NC(=S)Nc1cccnc1Cl. The van der Waals surface area contributed by atoms with Crippen molar-refractivity contribution in [2.75, 3.05) is 5.32 Å². The summed E-state index contributed by atoms with van der Waals surface area (Å²) in [6, 6.07) is 14.3. The van der Waals surface area contributed by atoms with Crippen molar-refractivity contribution in [3.8, 4) is 11.3 Å². The fraction of sp³-hybridized carbons (Fsp3) is 0. The van der Waals surface area contributed by atoms with Crippen molar-refractivity contribution >= 4 is 58.2 Å². The van der Waals surface area contributed by atoms with E-state index < -0.39 is 5.91 Å². The Balaban J connectivity index is 1.58. The summed E-state index contributed by atoms with van der Waals surface area (Å²) in [5.74, 6) is 0.802. The van der Waals surface area contributed by atoms with Gasteiger partial charge in [-0.2, -0.15) is 0 Å². The molecule has 0 bridgehead atoms. The summed E-state index contributed by atoms with van der Waals surface area (Å²) >= 11 is 16.9. The quantitative estimate of drug-likeness (QED) is 0.348. The Hall–Kier alpha value is -2.67. The number of hydrogen-bond acceptors (Lipinski definition) is 4. The summed E-state index contributed by atoms with van der Waals surface area (Å²) in [5.41, 5.74) is 1.40. The van der Waals surface area contributed by atoms with E-state index in [1.807, 2.05) is 18.2 Å². The first-order valence-electron chi connectivity index (χ1n) is 7.77. The molecule has 27 heavy (non-hydrogen) atoms. The van der Waals surface area contributed by atoms with Crippen LogP contribution in [-0.4, -0.2) is 16.0 Å². The van der Waals surface area contributed by atoms with Gasteiger partial charge in [0.1, 0.15) is 11.5 Å². The maximum atomic E-state index is 12.0. The van der Waals surface area contributed by atoms with Crippen molar-refractivity contribution in [2.45, 2.75) is 0 Å². The molecule has 0 atom stereocenters. The van der Waals surface area contributed by atoms with Crippen LogP contribution in [0.3, 0.4) is 0 Å². The molecule has 0 aliphatic carbocycles. The molecule has 0 spiro atoms. The first-order chi connectivity index (χ1) is 13.0. The number of nitrogens with one attached hydrogen (secondary N) is 2. The van der Waals surface area contributed by atoms with Gasteiger partial charge in [0.15, 0.2) is 10.3 Å². The lowest BCUT2D eigenvalue weighted by Gasteiger charge is -2.08. The third-order valence-electron chi connectivity index (χ3n) is 3.40. The van der Waals surface area contributed by atoms with Crippen molar-refractivity contribution in [2.24, 2.45) is 0 Å². The predicted octanol–water partition coefficient (Wildman–Crippen LogP) is 5.17. The largest absolute Gasteiger partial charge is 0.457 e. The van der Waals surface area contributed by atoms with E-state index in [9.17, 15) is 4.79 Å². The molecule has 0 unspecified atom stereocenters. The van der Waals surface area contributed by atoms with E-state index in [2.05, 4.69) is 15.6 Å². The molecule has 2 aromatic heterocycles. The summed E-state index contributed by atoms with van der Waals surface area (Å²) in [5, 5.41) is 6.35. The van der Waals surface area contributed by atoms with Crippen LogP contribution in [-0.2, 0) is 4.79 Å². The lowest BCUT2D eigenvalue weighted by atomic mass is 10.2. The van der Waals surface area contributed by atoms with Crippen molar-refractivity contribution in [3.63, 3.8) is 0 Å². The minimum atomic E-state index is -0.406. The van der Waals surface area contributed by atoms with Crippen LogP contribution in [0.25, 0.3) is 17.4 Å². The number of amides is 1. The number of hydrogen-bond donors (Lipinski definition) is 2. The first kappa shape index (κ1) is 19.1. The van der Waals surface area contributed by atoms with Crippen molar-refractivity contribution in [1.29, 1.82) is 0 Å². The van der Waals surface area contributed by atoms with Crippen LogP contribution >= 0.6 is 35.4 Å². The number of anilines is 1. The highest BCUT2D eigenvalue weighted by Crippen LogP contribution is 2.24. The van der Waals surface area contributed by atoms with Crippen LogP contribution in [0.1, 0.15) is 5.76 Å². The molecule has 5 nitrogen and oxygen atoms in total. The molecule has 136 valence electrons. The van der Waals surface area contributed by atoms with Crippen LogP contribution in [0.4, 0.5) is 5.69 Å². The maximum absolute atomic E-state index is 12.0. The van der Waals surface area contributed by atoms with Gasteiger partial charge in [0.25, 0.3) is 0 Å². The fourth-order valence-electron chi connectivity index (χ4n) is 2.16. The summed E-state index contributed by atoms with van der Waals surface area (Å²) in [4.78, 5) is 15.9. The molecule has 0 radical (unpaired) electrons. The summed E-state index contributed by atoms with van der Waals surface area (Å²) in [7, 11) is 0. The van der Waals surface area contributed by atoms with Crippen LogP contribution in [0, 0.1) is 0 Å². The third kappa shape index (κ3) is 5.40. The number of thiocarbonyl (C=S) groups is 1. The number of nitrogens with zero attached hydrogens (tertiary/aromatic N) is 1. The number of furan rings is 1. The molecule has 0 aliphatic heterocycles. The topological polar surface area (TPSA) is 67.2 Å². The molecule has 3 rings (SSSR count). The molecule has 8 heteroatoms. The summed E-state index contributed by atoms with van der Waals surface area (Å²) in [6.45, 7) is 0. The second-order valence-electron chi connectivity index (χ2n) is 5.33. The normalized spacial score (nSPS) is 10.7. The van der Waals surface area contributed by atoms with Gasteiger partial charge in [-0.1, -0.05) is 23.2 Å². The van der Waals surface area contributed by atoms with E-state index in [0.29, 0.717) is 22.2 Å². The Bertz CT molecular complexity index is 1000. The van der Waals surface area contributed by atoms with E-state index >= 15 is 0 Å². The maximum Gasteiger partial charge on any atom is 0.250 e. The standard InChI is InChI=1S/C19H13Cl2N3O2S/c20-13-5-3-12(4-6-13)16-9-7-14(26-16)8-10-17(25)24-19(27)23-15-2-1-11-22-18(15)21/h1-11H,(H2,23,24,25,27)/b10-8+. The number of benzene rings is 1. The van der Waals surface area contributed by atoms with Gasteiger partial charge in [0, 0.05) is 22.9 Å². The van der Waals surface area contributed by atoms with Gasteiger partial charge in [-0.05, 0) is 66.8 Å². The van der Waals surface area contributed by atoms with Crippen LogP contribution < -0.4 is 10.6 Å². The molecule has 1 amide bonds. The highest BCUT2D eigenvalue weighted by atomic mass is 35.5. The molecule has 0 fully saturated rings. The molecule has 0 aliphatic rings. The van der Waals surface area contributed by atoms with Gasteiger partial charge in [-0.15, -0.1) is 0 Å². The van der Waals surface area contributed by atoms with E-state index in [0.717, 1.165) is 5.56 Å².